The molecule has 0 N–H and O–H groups in total. The van der Waals surface area contributed by atoms with Gasteiger partial charge >= 0.3 is 5.51 Å². The molecule has 0 saturated heterocycles. The summed E-state index contributed by atoms with van der Waals surface area (Å²) < 4.78 is 37.1. The molecule has 0 heterocycles. The summed E-state index contributed by atoms with van der Waals surface area (Å²) in [6.07, 6.45) is 1.36. The Labute approximate surface area is 155 Å². The number of benzene rings is 2. The van der Waals surface area contributed by atoms with E-state index < -0.39 is 11.4 Å². The summed E-state index contributed by atoms with van der Waals surface area (Å²) in [5, 5.41) is 9.70. The molecule has 9 heteroatoms. The molecule has 1 unspecified atom stereocenters. The molecule has 25 heavy (non-hydrogen) atoms. The summed E-state index contributed by atoms with van der Waals surface area (Å²) in [6.45, 7) is 0. The van der Waals surface area contributed by atoms with Crippen LogP contribution in [0.2, 0.25) is 10.0 Å². The maximum atomic E-state index is 12.4. The summed E-state index contributed by atoms with van der Waals surface area (Å²) in [6, 6.07) is 10.1. The molecule has 2 rings (SSSR count). The van der Waals surface area contributed by atoms with Gasteiger partial charge in [0.2, 0.25) is 6.08 Å². The minimum Gasteiger partial charge on any atom is -0.211 e. The Balaban J connectivity index is 2.41. The van der Waals surface area contributed by atoms with Crippen molar-refractivity contribution in [2.45, 2.75) is 16.3 Å². The van der Waals surface area contributed by atoms with Gasteiger partial charge < -0.3 is 0 Å². The number of alkyl halides is 3. The fourth-order valence-corrected chi connectivity index (χ4v) is 3.36. The average molecular weight is 403 g/mol. The molecule has 128 valence electrons. The topological polar surface area (TPSA) is 53.2 Å². The number of nitrogens with zero attached hydrogens (tertiary/aromatic N) is 2. The fraction of sp³-hybridized carbons (Fsp3) is 0.125. The lowest BCUT2D eigenvalue weighted by Crippen LogP contribution is -2.02. The number of rotatable bonds is 4. The normalized spacial score (nSPS) is 12.2. The van der Waals surface area contributed by atoms with Gasteiger partial charge in [-0.25, -0.2) is 4.79 Å². The van der Waals surface area contributed by atoms with Crippen molar-refractivity contribution in [3.63, 3.8) is 0 Å². The molecule has 0 aliphatic carbocycles. The highest BCUT2D eigenvalue weighted by atomic mass is 35.5. The number of isocyanates is 1. The van der Waals surface area contributed by atoms with Crippen molar-refractivity contribution < 1.29 is 18.0 Å². The van der Waals surface area contributed by atoms with E-state index in [9.17, 15) is 23.2 Å². The SMILES string of the molecule is N#CC(c1ccc(SC(F)(F)F)cc1)c1c(Cl)cc(N=C=O)cc1Cl. The molecule has 0 radical (unpaired) electrons. The van der Waals surface area contributed by atoms with Crippen LogP contribution < -0.4 is 0 Å². The predicted octanol–water partition coefficient (Wildman–Crippen LogP) is 6.23. The van der Waals surface area contributed by atoms with Gasteiger partial charge in [0.1, 0.15) is 0 Å². The van der Waals surface area contributed by atoms with E-state index in [0.29, 0.717) is 5.56 Å². The second-order valence-corrected chi connectivity index (χ2v) is 6.66. The molecule has 0 aliphatic heterocycles. The number of hydrogen-bond acceptors (Lipinski definition) is 4. The van der Waals surface area contributed by atoms with Gasteiger partial charge in [0.25, 0.3) is 0 Å². The monoisotopic (exact) mass is 402 g/mol. The Morgan fingerprint density at radius 1 is 1.12 bits per heavy atom. The zero-order valence-electron chi connectivity index (χ0n) is 12.1. The largest absolute Gasteiger partial charge is 0.446 e. The Morgan fingerprint density at radius 3 is 2.12 bits per heavy atom. The van der Waals surface area contributed by atoms with Crippen LogP contribution in [0.4, 0.5) is 18.9 Å². The number of aliphatic imine (C=N–C) groups is 1. The van der Waals surface area contributed by atoms with Crippen LogP contribution in [-0.4, -0.2) is 11.6 Å². The van der Waals surface area contributed by atoms with E-state index in [1.165, 1.54) is 42.5 Å². The van der Waals surface area contributed by atoms with Crippen LogP contribution in [0.1, 0.15) is 17.0 Å². The molecule has 0 amide bonds. The second kappa shape index (κ2) is 7.94. The first-order chi connectivity index (χ1) is 11.7. The minimum absolute atomic E-state index is 0.000742. The molecule has 3 nitrogen and oxygen atoms in total. The quantitative estimate of drug-likeness (QED) is 0.346. The third-order valence-electron chi connectivity index (χ3n) is 3.10. The van der Waals surface area contributed by atoms with Crippen molar-refractivity contribution in [2.75, 3.05) is 0 Å². The van der Waals surface area contributed by atoms with Gasteiger partial charge in [-0.1, -0.05) is 35.3 Å². The van der Waals surface area contributed by atoms with E-state index in [1.54, 1.807) is 0 Å². The maximum Gasteiger partial charge on any atom is 0.446 e. The Morgan fingerprint density at radius 2 is 1.68 bits per heavy atom. The number of hydrogen-bond donors (Lipinski definition) is 0. The van der Waals surface area contributed by atoms with Crippen LogP contribution in [0.15, 0.2) is 46.3 Å². The predicted molar refractivity (Wildman–Crippen MR) is 90.1 cm³/mol. The molecule has 1 atom stereocenters. The van der Waals surface area contributed by atoms with Crippen molar-refractivity contribution in [3.8, 4) is 6.07 Å². The van der Waals surface area contributed by atoms with E-state index in [-0.39, 0.29) is 38.0 Å². The van der Waals surface area contributed by atoms with E-state index in [0.717, 1.165) is 0 Å². The Hall–Kier alpha value is -1.97. The highest BCUT2D eigenvalue weighted by Crippen LogP contribution is 2.40. The second-order valence-electron chi connectivity index (χ2n) is 4.71. The van der Waals surface area contributed by atoms with Gasteiger partial charge in [0, 0.05) is 20.5 Å². The number of halogens is 5. The lowest BCUT2D eigenvalue weighted by atomic mass is 9.92. The van der Waals surface area contributed by atoms with Crippen molar-refractivity contribution in [2.24, 2.45) is 4.99 Å². The van der Waals surface area contributed by atoms with Gasteiger partial charge in [-0.2, -0.15) is 23.4 Å². The average Bonchev–Trinajstić information content (AvgIpc) is 2.51. The van der Waals surface area contributed by atoms with Crippen LogP contribution >= 0.6 is 35.0 Å². The van der Waals surface area contributed by atoms with Gasteiger partial charge in [-0.05, 0) is 41.6 Å². The first-order valence-corrected chi connectivity index (χ1v) is 8.14. The molecule has 0 saturated carbocycles. The van der Waals surface area contributed by atoms with Crippen LogP contribution in [0.25, 0.3) is 0 Å². The van der Waals surface area contributed by atoms with E-state index >= 15 is 0 Å². The highest BCUT2D eigenvalue weighted by molar-refractivity contribution is 8.00. The Bertz CT molecular complexity index is 849. The maximum absolute atomic E-state index is 12.4. The lowest BCUT2D eigenvalue weighted by Gasteiger charge is -2.15. The third-order valence-corrected chi connectivity index (χ3v) is 4.47. The molecule has 2 aromatic rings. The lowest BCUT2D eigenvalue weighted by molar-refractivity contribution is -0.0328. The van der Waals surface area contributed by atoms with Crippen LogP contribution in [0.3, 0.4) is 0 Å². The van der Waals surface area contributed by atoms with Crippen molar-refractivity contribution in [3.05, 3.63) is 57.6 Å². The highest BCUT2D eigenvalue weighted by Gasteiger charge is 2.29. The molecular weight excluding hydrogens is 396 g/mol. The van der Waals surface area contributed by atoms with Crippen LogP contribution in [0.5, 0.6) is 0 Å². The first kappa shape index (κ1) is 19.4. The summed E-state index contributed by atoms with van der Waals surface area (Å²) >= 11 is 12.0. The molecule has 0 spiro atoms. The third kappa shape index (κ3) is 5.00. The minimum atomic E-state index is -4.39. The Kier molecular flexibility index (Phi) is 6.15. The van der Waals surface area contributed by atoms with Crippen LogP contribution in [-0.2, 0) is 4.79 Å². The zero-order valence-corrected chi connectivity index (χ0v) is 14.5. The van der Waals surface area contributed by atoms with Crippen molar-refractivity contribution in [1.82, 2.24) is 0 Å². The summed E-state index contributed by atoms with van der Waals surface area (Å²) in [5.74, 6) is -0.890. The molecule has 0 aliphatic rings. The van der Waals surface area contributed by atoms with E-state index in [2.05, 4.69) is 4.99 Å². The number of thioether (sulfide) groups is 1. The van der Waals surface area contributed by atoms with E-state index in [4.69, 9.17) is 23.2 Å². The van der Waals surface area contributed by atoms with Crippen LogP contribution in [0, 0.1) is 11.3 Å². The molecule has 0 fully saturated rings. The van der Waals surface area contributed by atoms with Crippen molar-refractivity contribution >= 4 is 46.7 Å². The number of nitriles is 1. The molecule has 0 aromatic heterocycles. The van der Waals surface area contributed by atoms with Gasteiger partial charge in [-0.15, -0.1) is 0 Å². The zero-order chi connectivity index (χ0) is 18.6. The van der Waals surface area contributed by atoms with Gasteiger partial charge in [-0.3, -0.25) is 0 Å². The molecule has 0 bridgehead atoms. The summed E-state index contributed by atoms with van der Waals surface area (Å²) in [4.78, 5) is 13.7. The van der Waals surface area contributed by atoms with Gasteiger partial charge in [0.15, 0.2) is 0 Å². The van der Waals surface area contributed by atoms with Gasteiger partial charge in [0.05, 0.1) is 17.7 Å². The van der Waals surface area contributed by atoms with E-state index in [1.807, 2.05) is 6.07 Å². The smallest absolute Gasteiger partial charge is 0.211 e. The first-order valence-electron chi connectivity index (χ1n) is 6.57. The summed E-state index contributed by atoms with van der Waals surface area (Å²) in [7, 11) is 0. The molecular formula is C16H7Cl2F3N2OS. The summed E-state index contributed by atoms with van der Waals surface area (Å²) in [5.41, 5.74) is -3.49. The number of carbonyl (C=O) groups excluding carboxylic acids is 1. The fourth-order valence-electron chi connectivity index (χ4n) is 2.13. The van der Waals surface area contributed by atoms with Crippen molar-refractivity contribution in [1.29, 1.82) is 5.26 Å². The molecule has 2 aromatic carbocycles. The standard InChI is InChI=1S/C16H7Cl2F3N2OS/c17-13-5-10(23-8-24)6-14(18)15(13)12(7-22)9-1-3-11(4-2-9)25-16(19,20)21/h1-6,12H.